The molecular weight excluding hydrogens is 278 g/mol. The summed E-state index contributed by atoms with van der Waals surface area (Å²) in [6.07, 6.45) is 1.14. The van der Waals surface area contributed by atoms with E-state index in [0.29, 0.717) is 22.8 Å². The van der Waals surface area contributed by atoms with Crippen molar-refractivity contribution in [2.75, 3.05) is 11.6 Å². The normalized spacial score (nSPS) is 11.3. The van der Waals surface area contributed by atoms with E-state index in [-0.39, 0.29) is 10.8 Å². The van der Waals surface area contributed by atoms with E-state index >= 15 is 0 Å². The molecule has 0 radical (unpaired) electrons. The van der Waals surface area contributed by atoms with Crippen molar-refractivity contribution in [2.24, 2.45) is 0 Å². The first-order valence-electron chi connectivity index (χ1n) is 5.96. The van der Waals surface area contributed by atoms with Crippen LogP contribution in [0.2, 0.25) is 0 Å². The number of carbonyl (C=O) groups is 1. The molecule has 6 heteroatoms. The minimum Gasteiger partial charge on any atom is -0.466 e. The highest BCUT2D eigenvalue weighted by Crippen LogP contribution is 2.18. The first-order valence-corrected chi connectivity index (χ1v) is 7.85. The molecule has 0 aliphatic carbocycles. The standard InChI is InChI=1S/C14H15NO4S/c1-9-8-13(10(2)19-9)14(16)15-11-4-6-12(7-5-11)20(3,17)18/h4-8H,1-3H3,(H,15,16). The summed E-state index contributed by atoms with van der Waals surface area (Å²) in [5, 5.41) is 2.70. The number of carbonyl (C=O) groups excluding carboxylic acids is 1. The van der Waals surface area contributed by atoms with Gasteiger partial charge in [0.05, 0.1) is 10.5 Å². The molecule has 0 bridgehead atoms. The predicted molar refractivity (Wildman–Crippen MR) is 75.7 cm³/mol. The van der Waals surface area contributed by atoms with Gasteiger partial charge in [-0.3, -0.25) is 4.79 Å². The number of rotatable bonds is 3. The molecule has 20 heavy (non-hydrogen) atoms. The minimum absolute atomic E-state index is 0.214. The van der Waals surface area contributed by atoms with E-state index in [1.165, 1.54) is 12.1 Å². The topological polar surface area (TPSA) is 76.4 Å². The number of benzene rings is 1. The smallest absolute Gasteiger partial charge is 0.259 e. The number of sulfone groups is 1. The molecule has 1 N–H and O–H groups in total. The predicted octanol–water partition coefficient (Wildman–Crippen LogP) is 2.55. The van der Waals surface area contributed by atoms with Crippen LogP contribution in [0.4, 0.5) is 5.69 Å². The third-order valence-electron chi connectivity index (χ3n) is 2.83. The average molecular weight is 293 g/mol. The van der Waals surface area contributed by atoms with Gasteiger partial charge in [0.25, 0.3) is 5.91 Å². The first kappa shape index (κ1) is 14.3. The Hall–Kier alpha value is -2.08. The van der Waals surface area contributed by atoms with Gasteiger partial charge in [-0.1, -0.05) is 0 Å². The minimum atomic E-state index is -3.23. The highest BCUT2D eigenvalue weighted by Gasteiger charge is 2.14. The van der Waals surface area contributed by atoms with Gasteiger partial charge in [0.15, 0.2) is 9.84 Å². The van der Waals surface area contributed by atoms with E-state index in [0.717, 1.165) is 6.26 Å². The molecule has 0 unspecified atom stereocenters. The fourth-order valence-electron chi connectivity index (χ4n) is 1.84. The Morgan fingerprint density at radius 3 is 2.20 bits per heavy atom. The molecule has 0 spiro atoms. The summed E-state index contributed by atoms with van der Waals surface area (Å²) >= 11 is 0. The molecule has 0 atom stereocenters. The van der Waals surface area contributed by atoms with Crippen molar-refractivity contribution in [3.63, 3.8) is 0 Å². The van der Waals surface area contributed by atoms with E-state index in [2.05, 4.69) is 5.32 Å². The summed E-state index contributed by atoms with van der Waals surface area (Å²) in [6.45, 7) is 3.49. The van der Waals surface area contributed by atoms with E-state index in [1.807, 2.05) is 0 Å². The van der Waals surface area contributed by atoms with Crippen molar-refractivity contribution in [1.29, 1.82) is 0 Å². The molecule has 0 saturated carbocycles. The number of nitrogens with one attached hydrogen (secondary N) is 1. The number of furan rings is 1. The average Bonchev–Trinajstić information content (AvgIpc) is 2.68. The number of anilines is 1. The van der Waals surface area contributed by atoms with Crippen LogP contribution >= 0.6 is 0 Å². The summed E-state index contributed by atoms with van der Waals surface area (Å²) in [4.78, 5) is 12.3. The van der Waals surface area contributed by atoms with Crippen LogP contribution in [0.3, 0.4) is 0 Å². The van der Waals surface area contributed by atoms with Gasteiger partial charge in [-0.25, -0.2) is 8.42 Å². The second-order valence-corrected chi connectivity index (χ2v) is 6.59. The molecule has 2 aromatic rings. The van der Waals surface area contributed by atoms with E-state index in [9.17, 15) is 13.2 Å². The quantitative estimate of drug-likeness (QED) is 0.943. The summed E-state index contributed by atoms with van der Waals surface area (Å²) in [7, 11) is -3.23. The maximum Gasteiger partial charge on any atom is 0.259 e. The van der Waals surface area contributed by atoms with Crippen molar-refractivity contribution in [2.45, 2.75) is 18.7 Å². The lowest BCUT2D eigenvalue weighted by molar-refractivity contribution is 0.102. The Kier molecular flexibility index (Phi) is 3.67. The van der Waals surface area contributed by atoms with Crippen molar-refractivity contribution in [3.8, 4) is 0 Å². The fraction of sp³-hybridized carbons (Fsp3) is 0.214. The molecule has 1 aromatic carbocycles. The van der Waals surface area contributed by atoms with E-state index in [1.54, 1.807) is 32.0 Å². The molecule has 0 aliphatic heterocycles. The molecule has 0 fully saturated rings. The lowest BCUT2D eigenvalue weighted by Crippen LogP contribution is -2.12. The Labute approximate surface area is 117 Å². The van der Waals surface area contributed by atoms with Crippen molar-refractivity contribution in [3.05, 3.63) is 47.4 Å². The van der Waals surface area contributed by atoms with Crippen LogP contribution in [-0.2, 0) is 9.84 Å². The lowest BCUT2D eigenvalue weighted by Gasteiger charge is -2.05. The second kappa shape index (κ2) is 5.13. The van der Waals surface area contributed by atoms with Crippen LogP contribution in [0.15, 0.2) is 39.6 Å². The van der Waals surface area contributed by atoms with Crippen LogP contribution in [0, 0.1) is 13.8 Å². The Morgan fingerprint density at radius 2 is 1.75 bits per heavy atom. The molecule has 0 saturated heterocycles. The van der Waals surface area contributed by atoms with Gasteiger partial charge in [0, 0.05) is 11.9 Å². The summed E-state index contributed by atoms with van der Waals surface area (Å²) in [6, 6.07) is 7.68. The fourth-order valence-corrected chi connectivity index (χ4v) is 2.47. The number of aryl methyl sites for hydroxylation is 2. The lowest BCUT2D eigenvalue weighted by atomic mass is 10.2. The summed E-state index contributed by atoms with van der Waals surface area (Å²) in [5.41, 5.74) is 0.996. The highest BCUT2D eigenvalue weighted by molar-refractivity contribution is 7.90. The van der Waals surface area contributed by atoms with Crippen molar-refractivity contribution in [1.82, 2.24) is 0 Å². The molecule has 0 aliphatic rings. The SMILES string of the molecule is Cc1cc(C(=O)Nc2ccc(S(C)(=O)=O)cc2)c(C)o1. The molecule has 2 rings (SSSR count). The third kappa shape index (κ3) is 3.08. The third-order valence-corrected chi connectivity index (χ3v) is 3.95. The molecule has 1 amide bonds. The van der Waals surface area contributed by atoms with Gasteiger partial charge in [0.2, 0.25) is 0 Å². The Bertz CT molecular complexity index is 742. The zero-order valence-corrected chi connectivity index (χ0v) is 12.2. The van der Waals surface area contributed by atoms with Gasteiger partial charge in [-0.05, 0) is 44.2 Å². The number of hydrogen-bond donors (Lipinski definition) is 1. The Morgan fingerprint density at radius 1 is 1.15 bits per heavy atom. The molecule has 1 aromatic heterocycles. The van der Waals surface area contributed by atoms with Crippen LogP contribution < -0.4 is 5.32 Å². The van der Waals surface area contributed by atoms with Crippen LogP contribution in [0.25, 0.3) is 0 Å². The van der Waals surface area contributed by atoms with Gasteiger partial charge in [-0.2, -0.15) is 0 Å². The molecule has 5 nitrogen and oxygen atoms in total. The molecule has 106 valence electrons. The maximum atomic E-state index is 12.0. The largest absolute Gasteiger partial charge is 0.466 e. The highest BCUT2D eigenvalue weighted by atomic mass is 32.2. The van der Waals surface area contributed by atoms with Crippen LogP contribution in [-0.4, -0.2) is 20.6 Å². The van der Waals surface area contributed by atoms with E-state index < -0.39 is 9.84 Å². The number of amides is 1. The zero-order chi connectivity index (χ0) is 14.9. The number of hydrogen-bond acceptors (Lipinski definition) is 4. The Balaban J connectivity index is 2.18. The molecular formula is C14H15NO4S. The van der Waals surface area contributed by atoms with Crippen molar-refractivity contribution >= 4 is 21.4 Å². The summed E-state index contributed by atoms with van der Waals surface area (Å²) < 4.78 is 28.0. The van der Waals surface area contributed by atoms with Gasteiger partial charge in [-0.15, -0.1) is 0 Å². The monoisotopic (exact) mass is 293 g/mol. The summed E-state index contributed by atoms with van der Waals surface area (Å²) in [5.74, 6) is 0.930. The second-order valence-electron chi connectivity index (χ2n) is 4.58. The molecule has 1 heterocycles. The van der Waals surface area contributed by atoms with Crippen LogP contribution in [0.1, 0.15) is 21.9 Å². The van der Waals surface area contributed by atoms with Crippen LogP contribution in [0.5, 0.6) is 0 Å². The van der Waals surface area contributed by atoms with Gasteiger partial charge >= 0.3 is 0 Å². The van der Waals surface area contributed by atoms with Gasteiger partial charge < -0.3 is 9.73 Å². The van der Waals surface area contributed by atoms with Crippen molar-refractivity contribution < 1.29 is 17.6 Å². The van der Waals surface area contributed by atoms with E-state index in [4.69, 9.17) is 4.42 Å². The van der Waals surface area contributed by atoms with Gasteiger partial charge in [0.1, 0.15) is 11.5 Å². The first-order chi connectivity index (χ1) is 9.27. The zero-order valence-electron chi connectivity index (χ0n) is 11.4. The maximum absolute atomic E-state index is 12.0.